The molecule has 1 aromatic carbocycles. The van der Waals surface area contributed by atoms with Gasteiger partial charge in [0.25, 0.3) is 0 Å². The molecular formula is C13H16O4. The van der Waals surface area contributed by atoms with Gasteiger partial charge in [0, 0.05) is 0 Å². The molecule has 0 aromatic heterocycles. The van der Waals surface area contributed by atoms with Gasteiger partial charge in [0.2, 0.25) is 0 Å². The summed E-state index contributed by atoms with van der Waals surface area (Å²) in [4.78, 5) is 11.3. The van der Waals surface area contributed by atoms with Crippen molar-refractivity contribution in [1.29, 1.82) is 0 Å². The summed E-state index contributed by atoms with van der Waals surface area (Å²) in [5.41, 5.74) is 0.870. The fourth-order valence-electron chi connectivity index (χ4n) is 1.77. The first-order chi connectivity index (χ1) is 8.14. The van der Waals surface area contributed by atoms with Gasteiger partial charge in [0.15, 0.2) is 0 Å². The van der Waals surface area contributed by atoms with E-state index in [-0.39, 0.29) is 12.4 Å². The van der Waals surface area contributed by atoms with Crippen molar-refractivity contribution in [2.24, 2.45) is 0 Å². The number of carbonyl (C=O) groups excluding carboxylic acids is 1. The van der Waals surface area contributed by atoms with Crippen LogP contribution >= 0.6 is 0 Å². The van der Waals surface area contributed by atoms with Gasteiger partial charge in [-0.05, 0) is 18.1 Å². The molecule has 1 heterocycles. The fourth-order valence-corrected chi connectivity index (χ4v) is 1.77. The molecule has 0 unspecified atom stereocenters. The third-order valence-corrected chi connectivity index (χ3v) is 2.83. The average Bonchev–Trinajstić information content (AvgIpc) is 2.27. The van der Waals surface area contributed by atoms with Crippen molar-refractivity contribution >= 4 is 5.97 Å². The molecule has 1 aromatic rings. The van der Waals surface area contributed by atoms with E-state index in [9.17, 15) is 9.90 Å². The number of aliphatic hydroxyl groups is 1. The lowest BCUT2D eigenvalue weighted by Crippen LogP contribution is -2.46. The monoisotopic (exact) mass is 236 g/mol. The van der Waals surface area contributed by atoms with Crippen LogP contribution in [0.3, 0.4) is 0 Å². The molecule has 92 valence electrons. The number of hydrogen-bond acceptors (Lipinski definition) is 4. The molecule has 0 amide bonds. The molecule has 17 heavy (non-hydrogen) atoms. The van der Waals surface area contributed by atoms with Crippen LogP contribution in [0.25, 0.3) is 0 Å². The number of hydrogen-bond donors (Lipinski definition) is 1. The molecule has 4 heteroatoms. The molecule has 2 rings (SSSR count). The van der Waals surface area contributed by atoms with E-state index >= 15 is 0 Å². The molecule has 1 saturated heterocycles. The molecule has 1 N–H and O–H groups in total. The highest BCUT2D eigenvalue weighted by molar-refractivity contribution is 5.72. The Balaban J connectivity index is 2.00. The van der Waals surface area contributed by atoms with Gasteiger partial charge in [-0.2, -0.15) is 0 Å². The van der Waals surface area contributed by atoms with Crippen LogP contribution in [0.15, 0.2) is 24.3 Å². The Bertz CT molecular complexity index is 392. The molecular weight excluding hydrogens is 220 g/mol. The molecule has 0 aliphatic carbocycles. The van der Waals surface area contributed by atoms with Gasteiger partial charge in [-0.15, -0.1) is 0 Å². The Morgan fingerprint density at radius 1 is 1.41 bits per heavy atom. The lowest BCUT2D eigenvalue weighted by atomic mass is 9.91. The van der Waals surface area contributed by atoms with Crippen LogP contribution < -0.4 is 0 Å². The zero-order valence-electron chi connectivity index (χ0n) is 9.81. The summed E-state index contributed by atoms with van der Waals surface area (Å²) >= 11 is 0. The summed E-state index contributed by atoms with van der Waals surface area (Å²) in [7, 11) is 0. The van der Waals surface area contributed by atoms with Gasteiger partial charge >= 0.3 is 5.97 Å². The molecule has 1 fully saturated rings. The highest BCUT2D eigenvalue weighted by Gasteiger charge is 2.37. The predicted octanol–water partition coefficient (Wildman–Crippen LogP) is 1.01. The minimum atomic E-state index is -0.845. The number of ether oxygens (including phenoxy) is 2. The van der Waals surface area contributed by atoms with Gasteiger partial charge in [0.1, 0.15) is 5.60 Å². The highest BCUT2D eigenvalue weighted by Crippen LogP contribution is 2.29. The smallest absolute Gasteiger partial charge is 0.310 e. The molecule has 1 aliphatic rings. The van der Waals surface area contributed by atoms with Crippen molar-refractivity contribution in [2.45, 2.75) is 18.9 Å². The summed E-state index contributed by atoms with van der Waals surface area (Å²) in [5.74, 6) is -0.231. The van der Waals surface area contributed by atoms with Crippen LogP contribution in [0.4, 0.5) is 0 Å². The first-order valence-corrected chi connectivity index (χ1v) is 5.69. The Kier molecular flexibility index (Phi) is 3.45. The normalized spacial score (nSPS) is 17.3. The molecule has 4 nitrogen and oxygen atoms in total. The molecule has 1 aliphatic heterocycles. The van der Waals surface area contributed by atoms with E-state index < -0.39 is 5.60 Å². The van der Waals surface area contributed by atoms with Crippen molar-refractivity contribution in [2.75, 3.05) is 19.8 Å². The minimum Gasteiger partial charge on any atom is -0.466 e. The maximum absolute atomic E-state index is 11.3. The molecule has 0 saturated carbocycles. The maximum Gasteiger partial charge on any atom is 0.310 e. The third kappa shape index (κ3) is 2.65. The largest absolute Gasteiger partial charge is 0.466 e. The third-order valence-electron chi connectivity index (χ3n) is 2.83. The Morgan fingerprint density at radius 2 is 2.06 bits per heavy atom. The number of benzene rings is 1. The minimum absolute atomic E-state index is 0.231. The van der Waals surface area contributed by atoms with Gasteiger partial charge in [-0.25, -0.2) is 0 Å². The van der Waals surface area contributed by atoms with Crippen LogP contribution in [0.1, 0.15) is 18.1 Å². The van der Waals surface area contributed by atoms with Crippen molar-refractivity contribution in [3.05, 3.63) is 35.4 Å². The van der Waals surface area contributed by atoms with E-state index in [1.807, 2.05) is 24.3 Å². The Hall–Kier alpha value is -1.39. The molecule has 0 spiro atoms. The second-order valence-electron chi connectivity index (χ2n) is 4.20. The molecule has 0 atom stereocenters. The molecule has 0 bridgehead atoms. The number of rotatable bonds is 4. The lowest BCUT2D eigenvalue weighted by molar-refractivity contribution is -0.184. The van der Waals surface area contributed by atoms with Crippen LogP contribution in [-0.4, -0.2) is 30.9 Å². The summed E-state index contributed by atoms with van der Waals surface area (Å²) in [6.45, 7) is 2.86. The first-order valence-electron chi connectivity index (χ1n) is 5.69. The summed E-state index contributed by atoms with van der Waals surface area (Å²) in [6.07, 6.45) is 0.267. The van der Waals surface area contributed by atoms with E-state index in [0.29, 0.717) is 19.8 Å². The fraction of sp³-hybridized carbons (Fsp3) is 0.462. The SMILES string of the molecule is CCOC(=O)Cc1ccc(C2(O)COC2)cc1. The second-order valence-corrected chi connectivity index (χ2v) is 4.20. The van der Waals surface area contributed by atoms with E-state index in [2.05, 4.69) is 0 Å². The Morgan fingerprint density at radius 3 is 2.53 bits per heavy atom. The maximum atomic E-state index is 11.3. The average molecular weight is 236 g/mol. The van der Waals surface area contributed by atoms with Crippen LogP contribution in [0.2, 0.25) is 0 Å². The van der Waals surface area contributed by atoms with Crippen molar-refractivity contribution < 1.29 is 19.4 Å². The summed E-state index contributed by atoms with van der Waals surface area (Å²) in [6, 6.07) is 7.33. The summed E-state index contributed by atoms with van der Waals surface area (Å²) in [5, 5.41) is 10.0. The van der Waals surface area contributed by atoms with E-state index in [0.717, 1.165) is 11.1 Å². The summed E-state index contributed by atoms with van der Waals surface area (Å²) < 4.78 is 9.86. The highest BCUT2D eigenvalue weighted by atomic mass is 16.5. The quantitative estimate of drug-likeness (QED) is 0.793. The zero-order valence-corrected chi connectivity index (χ0v) is 9.81. The standard InChI is InChI=1S/C13H16O4/c1-2-17-12(14)7-10-3-5-11(6-4-10)13(15)8-16-9-13/h3-6,15H,2,7-9H2,1H3. The van der Waals surface area contributed by atoms with Crippen LogP contribution in [-0.2, 0) is 26.3 Å². The van der Waals surface area contributed by atoms with Crippen molar-refractivity contribution in [1.82, 2.24) is 0 Å². The topological polar surface area (TPSA) is 55.8 Å². The Labute approximate surface area is 100 Å². The van der Waals surface area contributed by atoms with Crippen molar-refractivity contribution in [3.63, 3.8) is 0 Å². The van der Waals surface area contributed by atoms with Crippen LogP contribution in [0, 0.1) is 0 Å². The molecule has 0 radical (unpaired) electrons. The number of carbonyl (C=O) groups is 1. The predicted molar refractivity (Wildman–Crippen MR) is 61.5 cm³/mol. The van der Waals surface area contributed by atoms with Gasteiger partial charge in [-0.3, -0.25) is 4.79 Å². The van der Waals surface area contributed by atoms with Crippen molar-refractivity contribution in [3.8, 4) is 0 Å². The van der Waals surface area contributed by atoms with Gasteiger partial charge in [-0.1, -0.05) is 24.3 Å². The first kappa shape index (κ1) is 12.1. The van der Waals surface area contributed by atoms with E-state index in [4.69, 9.17) is 9.47 Å². The van der Waals surface area contributed by atoms with Gasteiger partial charge in [0.05, 0.1) is 26.2 Å². The van der Waals surface area contributed by atoms with E-state index in [1.54, 1.807) is 6.92 Å². The zero-order chi connectivity index (χ0) is 12.3. The van der Waals surface area contributed by atoms with Gasteiger partial charge < -0.3 is 14.6 Å². The second kappa shape index (κ2) is 4.85. The lowest BCUT2D eigenvalue weighted by Gasteiger charge is -2.36. The van der Waals surface area contributed by atoms with Crippen LogP contribution in [0.5, 0.6) is 0 Å². The van der Waals surface area contributed by atoms with E-state index in [1.165, 1.54) is 0 Å². The number of esters is 1.